The average molecular weight is 408 g/mol. The maximum atomic E-state index is 12.6. The Kier molecular flexibility index (Phi) is 6.21. The molecule has 0 saturated heterocycles. The summed E-state index contributed by atoms with van der Waals surface area (Å²) in [4.78, 5) is 35.1. The number of nitrogens with zero attached hydrogens (tertiary/aromatic N) is 3. The fourth-order valence-electron chi connectivity index (χ4n) is 2.77. The number of anilines is 1. The van der Waals surface area contributed by atoms with Gasteiger partial charge in [-0.25, -0.2) is 4.68 Å². The minimum Gasteiger partial charge on any atom is -0.494 e. The molecular formula is C21H20N4O5. The van der Waals surface area contributed by atoms with Crippen molar-refractivity contribution in [3.05, 3.63) is 81.1 Å². The molecule has 0 aliphatic carbocycles. The highest BCUT2D eigenvalue weighted by molar-refractivity contribution is 5.93. The fraction of sp³-hybridized carbons (Fsp3) is 0.190. The number of ether oxygens (including phenoxy) is 1. The van der Waals surface area contributed by atoms with Crippen molar-refractivity contribution >= 4 is 17.3 Å². The molecule has 1 N–H and O–H groups in total. The highest BCUT2D eigenvalue weighted by atomic mass is 16.6. The van der Waals surface area contributed by atoms with Crippen LogP contribution in [-0.4, -0.2) is 27.2 Å². The van der Waals surface area contributed by atoms with E-state index in [2.05, 4.69) is 10.4 Å². The van der Waals surface area contributed by atoms with Crippen LogP contribution in [0.2, 0.25) is 0 Å². The summed E-state index contributed by atoms with van der Waals surface area (Å²) in [6.45, 7) is 4.01. The van der Waals surface area contributed by atoms with Crippen molar-refractivity contribution < 1.29 is 14.5 Å². The smallest absolute Gasteiger partial charge is 0.269 e. The Labute approximate surface area is 172 Å². The van der Waals surface area contributed by atoms with Gasteiger partial charge in [0.05, 0.1) is 17.2 Å². The molecule has 0 bridgehead atoms. The van der Waals surface area contributed by atoms with Crippen LogP contribution in [0, 0.1) is 10.1 Å². The van der Waals surface area contributed by atoms with Crippen molar-refractivity contribution in [1.82, 2.24) is 9.78 Å². The van der Waals surface area contributed by atoms with Crippen molar-refractivity contribution in [2.24, 2.45) is 0 Å². The summed E-state index contributed by atoms with van der Waals surface area (Å²) in [5.74, 6) is 0.257. The molecule has 154 valence electrons. The number of rotatable bonds is 7. The summed E-state index contributed by atoms with van der Waals surface area (Å²) >= 11 is 0. The standard InChI is InChI=1S/C21H20N4O5/c1-3-30-18-10-4-15(5-11-18)19-12-13-20(26)24(23-19)14(2)21(27)22-16-6-8-17(9-7-16)25(28)29/h4-14H,3H2,1-2H3,(H,22,27). The molecule has 1 aromatic heterocycles. The normalized spacial score (nSPS) is 11.5. The van der Waals surface area contributed by atoms with Crippen LogP contribution in [0.15, 0.2) is 65.5 Å². The molecule has 9 nitrogen and oxygen atoms in total. The second kappa shape index (κ2) is 8.99. The molecule has 0 aliphatic rings. The number of carbonyl (C=O) groups excluding carboxylic acids is 1. The second-order valence-corrected chi connectivity index (χ2v) is 6.43. The second-order valence-electron chi connectivity index (χ2n) is 6.43. The van der Waals surface area contributed by atoms with Gasteiger partial charge in [-0.1, -0.05) is 0 Å². The quantitative estimate of drug-likeness (QED) is 0.473. The number of non-ortho nitro benzene ring substituents is 1. The van der Waals surface area contributed by atoms with Crippen LogP contribution >= 0.6 is 0 Å². The topological polar surface area (TPSA) is 116 Å². The van der Waals surface area contributed by atoms with Gasteiger partial charge in [0.15, 0.2) is 0 Å². The zero-order valence-corrected chi connectivity index (χ0v) is 16.4. The lowest BCUT2D eigenvalue weighted by molar-refractivity contribution is -0.384. The van der Waals surface area contributed by atoms with Crippen LogP contribution in [0.5, 0.6) is 5.75 Å². The SMILES string of the molecule is CCOc1ccc(-c2ccc(=O)n(C(C)C(=O)Nc3ccc([N+](=O)[O-])cc3)n2)cc1. The molecule has 3 rings (SSSR count). The van der Waals surface area contributed by atoms with Gasteiger partial charge >= 0.3 is 0 Å². The molecule has 1 unspecified atom stereocenters. The number of benzene rings is 2. The molecule has 0 radical (unpaired) electrons. The minimum absolute atomic E-state index is 0.0815. The molecular weight excluding hydrogens is 388 g/mol. The summed E-state index contributed by atoms with van der Waals surface area (Å²) in [5.41, 5.74) is 1.19. The highest BCUT2D eigenvalue weighted by Gasteiger charge is 2.18. The monoisotopic (exact) mass is 408 g/mol. The van der Waals surface area contributed by atoms with E-state index in [0.29, 0.717) is 18.0 Å². The van der Waals surface area contributed by atoms with E-state index < -0.39 is 22.4 Å². The lowest BCUT2D eigenvalue weighted by Gasteiger charge is -2.15. The van der Waals surface area contributed by atoms with Crippen molar-refractivity contribution in [3.63, 3.8) is 0 Å². The first-order chi connectivity index (χ1) is 14.4. The number of nitrogens with one attached hydrogen (secondary N) is 1. The lowest BCUT2D eigenvalue weighted by atomic mass is 10.1. The number of carbonyl (C=O) groups is 1. The van der Waals surface area contributed by atoms with E-state index in [1.165, 1.54) is 30.3 Å². The molecule has 1 heterocycles. The number of nitro groups is 1. The maximum Gasteiger partial charge on any atom is 0.269 e. The predicted molar refractivity (Wildman–Crippen MR) is 112 cm³/mol. The van der Waals surface area contributed by atoms with E-state index >= 15 is 0 Å². The van der Waals surface area contributed by atoms with E-state index in [4.69, 9.17) is 4.74 Å². The number of nitro benzene ring substituents is 1. The molecule has 3 aromatic rings. The predicted octanol–water partition coefficient (Wildman–Crippen LogP) is 3.42. The molecule has 9 heteroatoms. The highest BCUT2D eigenvalue weighted by Crippen LogP contribution is 2.21. The molecule has 1 atom stereocenters. The number of amides is 1. The number of aromatic nitrogens is 2. The Morgan fingerprint density at radius 2 is 1.80 bits per heavy atom. The molecule has 0 saturated carbocycles. The minimum atomic E-state index is -0.893. The summed E-state index contributed by atoms with van der Waals surface area (Å²) < 4.78 is 6.52. The van der Waals surface area contributed by atoms with Crippen molar-refractivity contribution in [1.29, 1.82) is 0 Å². The lowest BCUT2D eigenvalue weighted by Crippen LogP contribution is -2.33. The maximum absolute atomic E-state index is 12.6. The summed E-state index contributed by atoms with van der Waals surface area (Å²) in [6, 6.07) is 14.7. The average Bonchev–Trinajstić information content (AvgIpc) is 2.75. The first kappa shape index (κ1) is 20.7. The van der Waals surface area contributed by atoms with Crippen molar-refractivity contribution in [2.75, 3.05) is 11.9 Å². The molecule has 2 aromatic carbocycles. The van der Waals surface area contributed by atoms with Crippen LogP contribution in [0.3, 0.4) is 0 Å². The van der Waals surface area contributed by atoms with E-state index in [9.17, 15) is 19.7 Å². The molecule has 1 amide bonds. The van der Waals surface area contributed by atoms with Crippen LogP contribution < -0.4 is 15.6 Å². The van der Waals surface area contributed by atoms with Crippen LogP contribution in [-0.2, 0) is 4.79 Å². The van der Waals surface area contributed by atoms with Crippen molar-refractivity contribution in [3.8, 4) is 17.0 Å². The van der Waals surface area contributed by atoms with Gasteiger partial charge in [-0.3, -0.25) is 19.7 Å². The Balaban J connectivity index is 1.80. The summed E-state index contributed by atoms with van der Waals surface area (Å²) in [5, 5.41) is 17.7. The zero-order chi connectivity index (χ0) is 21.7. The molecule has 30 heavy (non-hydrogen) atoms. The number of hydrogen-bond donors (Lipinski definition) is 1. The van der Waals surface area contributed by atoms with E-state index in [-0.39, 0.29) is 5.69 Å². The van der Waals surface area contributed by atoms with Crippen LogP contribution in [0.1, 0.15) is 19.9 Å². The number of hydrogen-bond acceptors (Lipinski definition) is 6. The molecule has 0 fully saturated rings. The Morgan fingerprint density at radius 3 is 2.40 bits per heavy atom. The molecule has 0 aliphatic heterocycles. The van der Waals surface area contributed by atoms with Gasteiger partial charge in [-0.05, 0) is 56.3 Å². The van der Waals surface area contributed by atoms with E-state index in [1.54, 1.807) is 25.1 Å². The van der Waals surface area contributed by atoms with E-state index in [0.717, 1.165) is 16.0 Å². The first-order valence-corrected chi connectivity index (χ1v) is 9.27. The fourth-order valence-corrected chi connectivity index (χ4v) is 2.77. The van der Waals surface area contributed by atoms with Crippen LogP contribution in [0.25, 0.3) is 11.3 Å². The first-order valence-electron chi connectivity index (χ1n) is 9.27. The van der Waals surface area contributed by atoms with Gasteiger partial charge in [0.25, 0.3) is 11.2 Å². The van der Waals surface area contributed by atoms with E-state index in [1.807, 2.05) is 19.1 Å². The Bertz CT molecular complexity index is 1110. The third kappa shape index (κ3) is 4.69. The molecule has 0 spiro atoms. The Morgan fingerprint density at radius 1 is 1.13 bits per heavy atom. The third-order valence-electron chi connectivity index (χ3n) is 4.38. The third-order valence-corrected chi connectivity index (χ3v) is 4.38. The van der Waals surface area contributed by atoms with Gasteiger partial charge in [-0.2, -0.15) is 5.10 Å². The van der Waals surface area contributed by atoms with Gasteiger partial charge in [0.2, 0.25) is 5.91 Å². The van der Waals surface area contributed by atoms with Gasteiger partial charge in [-0.15, -0.1) is 0 Å². The zero-order valence-electron chi connectivity index (χ0n) is 16.4. The van der Waals surface area contributed by atoms with Crippen LogP contribution in [0.4, 0.5) is 11.4 Å². The van der Waals surface area contributed by atoms with Gasteiger partial charge < -0.3 is 10.1 Å². The van der Waals surface area contributed by atoms with Crippen molar-refractivity contribution in [2.45, 2.75) is 19.9 Å². The largest absolute Gasteiger partial charge is 0.494 e. The van der Waals surface area contributed by atoms with Gasteiger partial charge in [0.1, 0.15) is 11.8 Å². The Hall–Kier alpha value is -4.01. The summed E-state index contributed by atoms with van der Waals surface area (Å²) in [7, 11) is 0. The van der Waals surface area contributed by atoms with Gasteiger partial charge in [0, 0.05) is 29.4 Å². The summed E-state index contributed by atoms with van der Waals surface area (Å²) in [6.07, 6.45) is 0.